The van der Waals surface area contributed by atoms with E-state index in [2.05, 4.69) is 10.2 Å². The van der Waals surface area contributed by atoms with Crippen LogP contribution in [0.4, 0.5) is 11.4 Å². The summed E-state index contributed by atoms with van der Waals surface area (Å²) in [4.78, 5) is 0. The topological polar surface area (TPSA) is 34.0 Å². The van der Waals surface area contributed by atoms with Crippen LogP contribution in [0.5, 0.6) is 5.75 Å². The predicted octanol–water partition coefficient (Wildman–Crippen LogP) is 6.19. The number of para-hydroxylation sites is 1. The van der Waals surface area contributed by atoms with Crippen LogP contribution in [0.25, 0.3) is 6.08 Å². The quantitative estimate of drug-likeness (QED) is 0.499. The largest absolute Gasteiger partial charge is 0.490 e. The third-order valence-electron chi connectivity index (χ3n) is 3.33. The Morgan fingerprint density at radius 2 is 1.25 bits per heavy atom. The number of hydrogen-bond donors (Lipinski definition) is 0. The summed E-state index contributed by atoms with van der Waals surface area (Å²) >= 11 is 0. The van der Waals surface area contributed by atoms with E-state index >= 15 is 0 Å². The fourth-order valence-corrected chi connectivity index (χ4v) is 2.11. The van der Waals surface area contributed by atoms with Gasteiger partial charge in [-0.25, -0.2) is 0 Å². The molecule has 0 amide bonds. The number of hydrogen-bond acceptors (Lipinski definition) is 3. The molecule has 0 radical (unpaired) electrons. The van der Waals surface area contributed by atoms with Crippen molar-refractivity contribution in [3.05, 3.63) is 96.6 Å². The zero-order valence-electron chi connectivity index (χ0n) is 13.2. The Morgan fingerprint density at radius 3 is 1.92 bits per heavy atom. The summed E-state index contributed by atoms with van der Waals surface area (Å²) in [5.74, 6) is 0.874. The van der Waals surface area contributed by atoms with E-state index in [1.807, 2.05) is 97.1 Å². The van der Waals surface area contributed by atoms with Crippen molar-refractivity contribution in [3.63, 3.8) is 0 Å². The van der Waals surface area contributed by atoms with Gasteiger partial charge in [-0.15, -0.1) is 0 Å². The molecule has 3 nitrogen and oxygen atoms in total. The van der Waals surface area contributed by atoms with Crippen LogP contribution in [0.2, 0.25) is 0 Å². The van der Waals surface area contributed by atoms with Crippen molar-refractivity contribution >= 4 is 17.5 Å². The molecule has 118 valence electrons. The Hall–Kier alpha value is -3.20. The Labute approximate surface area is 142 Å². The third-order valence-corrected chi connectivity index (χ3v) is 3.33. The van der Waals surface area contributed by atoms with Gasteiger partial charge in [0.15, 0.2) is 0 Å². The van der Waals surface area contributed by atoms with Gasteiger partial charge in [0.25, 0.3) is 0 Å². The van der Waals surface area contributed by atoms with E-state index < -0.39 is 0 Å². The molecule has 24 heavy (non-hydrogen) atoms. The molecule has 0 saturated heterocycles. The number of nitrogens with zero attached hydrogens (tertiary/aromatic N) is 2. The zero-order valence-corrected chi connectivity index (χ0v) is 13.2. The highest BCUT2D eigenvalue weighted by Crippen LogP contribution is 2.18. The lowest BCUT2D eigenvalue weighted by Gasteiger charge is -2.01. The lowest BCUT2D eigenvalue weighted by Crippen LogP contribution is -1.92. The zero-order chi connectivity index (χ0) is 16.5. The Bertz CT molecular complexity index is 794. The SMILES string of the molecule is C(=Cc1ccc(N=Nc2ccccc2)cc1)COc1ccccc1. The monoisotopic (exact) mass is 314 g/mol. The Balaban J connectivity index is 1.52. The predicted molar refractivity (Wildman–Crippen MR) is 98.0 cm³/mol. The maximum Gasteiger partial charge on any atom is 0.119 e. The molecule has 0 aliphatic rings. The van der Waals surface area contributed by atoms with Crippen molar-refractivity contribution in [2.45, 2.75) is 0 Å². The van der Waals surface area contributed by atoms with Crippen LogP contribution in [0, 0.1) is 0 Å². The van der Waals surface area contributed by atoms with Crippen molar-refractivity contribution in [1.29, 1.82) is 0 Å². The molecule has 0 atom stereocenters. The second kappa shape index (κ2) is 8.44. The second-order valence-corrected chi connectivity index (χ2v) is 5.15. The van der Waals surface area contributed by atoms with Gasteiger partial charge in [-0.1, -0.05) is 54.6 Å². The van der Waals surface area contributed by atoms with E-state index in [-0.39, 0.29) is 0 Å². The molecular formula is C21H18N2O. The summed E-state index contributed by atoms with van der Waals surface area (Å²) in [6, 6.07) is 27.4. The van der Waals surface area contributed by atoms with E-state index in [1.165, 1.54) is 0 Å². The van der Waals surface area contributed by atoms with E-state index in [4.69, 9.17) is 4.74 Å². The van der Waals surface area contributed by atoms with Crippen molar-refractivity contribution in [3.8, 4) is 5.75 Å². The minimum atomic E-state index is 0.541. The highest BCUT2D eigenvalue weighted by molar-refractivity contribution is 5.53. The highest BCUT2D eigenvalue weighted by atomic mass is 16.5. The molecule has 0 bridgehead atoms. The van der Waals surface area contributed by atoms with Gasteiger partial charge < -0.3 is 4.74 Å². The lowest BCUT2D eigenvalue weighted by molar-refractivity contribution is 0.363. The number of rotatable bonds is 6. The van der Waals surface area contributed by atoms with E-state index in [0.29, 0.717) is 6.61 Å². The summed E-state index contributed by atoms with van der Waals surface area (Å²) in [5, 5.41) is 8.43. The standard InChI is InChI=1S/C21H18N2O/c1-3-9-19(10-4-1)22-23-20-15-13-18(14-16-20)8-7-17-24-21-11-5-2-6-12-21/h1-16H,17H2. The summed E-state index contributed by atoms with van der Waals surface area (Å²) < 4.78 is 5.62. The molecule has 3 rings (SSSR count). The molecular weight excluding hydrogens is 296 g/mol. The fraction of sp³-hybridized carbons (Fsp3) is 0.0476. The van der Waals surface area contributed by atoms with Crippen molar-refractivity contribution in [2.24, 2.45) is 10.2 Å². The molecule has 0 saturated carbocycles. The molecule has 3 aromatic rings. The van der Waals surface area contributed by atoms with Gasteiger partial charge in [0.2, 0.25) is 0 Å². The van der Waals surface area contributed by atoms with Gasteiger partial charge in [0.05, 0.1) is 11.4 Å². The van der Waals surface area contributed by atoms with E-state index in [0.717, 1.165) is 22.7 Å². The fourth-order valence-electron chi connectivity index (χ4n) is 2.11. The highest BCUT2D eigenvalue weighted by Gasteiger charge is 1.92. The summed E-state index contributed by atoms with van der Waals surface area (Å²) in [6.45, 7) is 0.541. The first-order valence-corrected chi connectivity index (χ1v) is 7.81. The molecule has 0 spiro atoms. The van der Waals surface area contributed by atoms with Gasteiger partial charge >= 0.3 is 0 Å². The summed E-state index contributed by atoms with van der Waals surface area (Å²) in [7, 11) is 0. The molecule has 0 aliphatic carbocycles. The minimum absolute atomic E-state index is 0.541. The average Bonchev–Trinajstić information content (AvgIpc) is 2.66. The van der Waals surface area contributed by atoms with E-state index in [9.17, 15) is 0 Å². The molecule has 3 aromatic carbocycles. The molecule has 3 heteroatoms. The molecule has 0 unspecified atom stereocenters. The van der Waals surface area contributed by atoms with Crippen LogP contribution in [0.1, 0.15) is 5.56 Å². The van der Waals surface area contributed by atoms with Crippen molar-refractivity contribution in [1.82, 2.24) is 0 Å². The van der Waals surface area contributed by atoms with Gasteiger partial charge in [-0.05, 0) is 48.0 Å². The maximum atomic E-state index is 5.62. The van der Waals surface area contributed by atoms with Crippen molar-refractivity contribution < 1.29 is 4.74 Å². The first kappa shape index (κ1) is 15.7. The van der Waals surface area contributed by atoms with Crippen LogP contribution >= 0.6 is 0 Å². The van der Waals surface area contributed by atoms with Crippen LogP contribution < -0.4 is 4.74 Å². The first-order valence-electron chi connectivity index (χ1n) is 7.81. The Kier molecular flexibility index (Phi) is 5.51. The molecule has 0 aliphatic heterocycles. The van der Waals surface area contributed by atoms with Gasteiger partial charge in [0.1, 0.15) is 12.4 Å². The molecule has 0 heterocycles. The molecule has 0 aromatic heterocycles. The Morgan fingerprint density at radius 1 is 0.667 bits per heavy atom. The van der Waals surface area contributed by atoms with Crippen molar-refractivity contribution in [2.75, 3.05) is 6.61 Å². The van der Waals surface area contributed by atoms with Gasteiger partial charge in [-0.3, -0.25) is 0 Å². The lowest BCUT2D eigenvalue weighted by atomic mass is 10.2. The summed E-state index contributed by atoms with van der Waals surface area (Å²) in [6.07, 6.45) is 4.02. The molecule has 0 N–H and O–H groups in total. The van der Waals surface area contributed by atoms with E-state index in [1.54, 1.807) is 0 Å². The average molecular weight is 314 g/mol. The van der Waals surface area contributed by atoms with Gasteiger partial charge in [0, 0.05) is 0 Å². The second-order valence-electron chi connectivity index (χ2n) is 5.15. The minimum Gasteiger partial charge on any atom is -0.490 e. The normalized spacial score (nSPS) is 11.2. The summed E-state index contributed by atoms with van der Waals surface area (Å²) in [5.41, 5.74) is 2.78. The van der Waals surface area contributed by atoms with Crippen LogP contribution in [0.15, 0.2) is 101 Å². The third kappa shape index (κ3) is 4.92. The van der Waals surface area contributed by atoms with Crippen LogP contribution in [0.3, 0.4) is 0 Å². The smallest absolute Gasteiger partial charge is 0.119 e. The number of azo groups is 1. The maximum absolute atomic E-state index is 5.62. The number of ether oxygens (including phenoxy) is 1. The molecule has 0 fully saturated rings. The van der Waals surface area contributed by atoms with Gasteiger partial charge in [-0.2, -0.15) is 10.2 Å². The number of benzene rings is 3. The first-order chi connectivity index (χ1) is 11.9. The van der Waals surface area contributed by atoms with Crippen LogP contribution in [-0.2, 0) is 0 Å². The van der Waals surface area contributed by atoms with Crippen LogP contribution in [-0.4, -0.2) is 6.61 Å².